The molecule has 0 fully saturated rings. The fourth-order valence-electron chi connectivity index (χ4n) is 4.02. The second-order valence-corrected chi connectivity index (χ2v) is 8.67. The third-order valence-corrected chi connectivity index (χ3v) is 6.35. The molecule has 0 radical (unpaired) electrons. The van der Waals surface area contributed by atoms with Crippen molar-refractivity contribution in [2.45, 2.75) is 0 Å². The highest BCUT2D eigenvalue weighted by molar-refractivity contribution is 7.08. The highest BCUT2D eigenvalue weighted by Gasteiger charge is 2.18. The minimum atomic E-state index is 0.219. The molecule has 1 aliphatic rings. The molecule has 9 nitrogen and oxygen atoms in total. The Morgan fingerprint density at radius 1 is 0.886 bits per heavy atom. The van der Waals surface area contributed by atoms with Crippen LogP contribution in [-0.4, -0.2) is 31.3 Å². The molecule has 0 bridgehead atoms. The predicted molar refractivity (Wildman–Crippen MR) is 135 cm³/mol. The van der Waals surface area contributed by atoms with E-state index in [1.165, 1.54) is 0 Å². The van der Waals surface area contributed by atoms with E-state index in [0.29, 0.717) is 28.7 Å². The lowest BCUT2D eigenvalue weighted by atomic mass is 10.2. The molecule has 0 aliphatic carbocycles. The molecule has 10 heteroatoms. The van der Waals surface area contributed by atoms with E-state index in [0.717, 1.165) is 33.7 Å². The van der Waals surface area contributed by atoms with Crippen molar-refractivity contribution < 1.29 is 9.47 Å². The Balaban J connectivity index is 1.32. The standard InChI is InChI=1S/C25H17N7O2S/c1-2-15-10-16(3-5-19(15)26-8-1)29-25-30-23(28-17-4-6-20-21(11-17)34-14-33-20)22-24(31-25)32(13-27-22)18-7-9-35-12-18/h1-13H,14H2,(H2,28,29,30,31). The summed E-state index contributed by atoms with van der Waals surface area (Å²) < 4.78 is 12.9. The summed E-state index contributed by atoms with van der Waals surface area (Å²) in [6.07, 6.45) is 3.55. The molecule has 2 aromatic carbocycles. The summed E-state index contributed by atoms with van der Waals surface area (Å²) in [7, 11) is 0. The van der Waals surface area contributed by atoms with Gasteiger partial charge < -0.3 is 20.1 Å². The summed E-state index contributed by atoms with van der Waals surface area (Å²) in [6.45, 7) is 0.219. The summed E-state index contributed by atoms with van der Waals surface area (Å²) in [4.78, 5) is 18.6. The fraction of sp³-hybridized carbons (Fsp3) is 0.0400. The van der Waals surface area contributed by atoms with Crippen LogP contribution in [0.25, 0.3) is 27.8 Å². The molecule has 0 saturated heterocycles. The highest BCUT2D eigenvalue weighted by Crippen LogP contribution is 2.36. The highest BCUT2D eigenvalue weighted by atomic mass is 32.1. The Bertz CT molecular complexity index is 1700. The van der Waals surface area contributed by atoms with Crippen molar-refractivity contribution in [3.63, 3.8) is 0 Å². The van der Waals surface area contributed by atoms with E-state index in [1.54, 1.807) is 23.9 Å². The molecule has 0 atom stereocenters. The van der Waals surface area contributed by atoms with Crippen molar-refractivity contribution in [2.24, 2.45) is 0 Å². The molecule has 0 unspecified atom stereocenters. The largest absolute Gasteiger partial charge is 0.454 e. The second-order valence-electron chi connectivity index (χ2n) is 7.89. The van der Waals surface area contributed by atoms with Crippen LogP contribution in [0, 0.1) is 0 Å². The second kappa shape index (κ2) is 7.96. The number of hydrogen-bond donors (Lipinski definition) is 2. The molecule has 0 spiro atoms. The number of pyridine rings is 1. The molecule has 0 saturated carbocycles. The lowest BCUT2D eigenvalue weighted by Gasteiger charge is -2.11. The lowest BCUT2D eigenvalue weighted by Crippen LogP contribution is -2.04. The van der Waals surface area contributed by atoms with Crippen LogP contribution in [-0.2, 0) is 0 Å². The van der Waals surface area contributed by atoms with Gasteiger partial charge in [-0.1, -0.05) is 6.07 Å². The first-order chi connectivity index (χ1) is 17.3. The number of thiophene rings is 1. The molecule has 0 amide bonds. The van der Waals surface area contributed by atoms with E-state index in [1.807, 2.05) is 64.5 Å². The molecule has 4 aromatic heterocycles. The van der Waals surface area contributed by atoms with Crippen molar-refractivity contribution in [2.75, 3.05) is 17.4 Å². The number of benzene rings is 2. The average Bonchev–Trinajstić information content (AvgIpc) is 3.64. The monoisotopic (exact) mass is 479 g/mol. The number of ether oxygens (including phenoxy) is 2. The smallest absolute Gasteiger partial charge is 0.231 e. The molecule has 7 rings (SSSR count). The Labute approximate surface area is 203 Å². The number of nitrogens with one attached hydrogen (secondary N) is 2. The number of nitrogens with zero attached hydrogens (tertiary/aromatic N) is 5. The Kier molecular flexibility index (Phi) is 4.49. The minimum absolute atomic E-state index is 0.219. The maximum Gasteiger partial charge on any atom is 0.231 e. The van der Waals surface area contributed by atoms with E-state index in [4.69, 9.17) is 19.4 Å². The molecule has 170 valence electrons. The number of hydrogen-bond acceptors (Lipinski definition) is 9. The Morgan fingerprint density at radius 2 is 1.80 bits per heavy atom. The van der Waals surface area contributed by atoms with Gasteiger partial charge in [-0.3, -0.25) is 9.55 Å². The van der Waals surface area contributed by atoms with Gasteiger partial charge in [0.05, 0.1) is 11.2 Å². The number of imidazole rings is 1. The van der Waals surface area contributed by atoms with Gasteiger partial charge in [-0.25, -0.2) is 4.98 Å². The maximum absolute atomic E-state index is 5.52. The molecule has 1 aliphatic heterocycles. The quantitative estimate of drug-likeness (QED) is 0.328. The molecule has 6 aromatic rings. The third kappa shape index (κ3) is 3.56. The number of fused-ring (bicyclic) bond motifs is 3. The Hall–Kier alpha value is -4.70. The van der Waals surface area contributed by atoms with E-state index < -0.39 is 0 Å². The zero-order chi connectivity index (χ0) is 23.2. The molecule has 2 N–H and O–H groups in total. The van der Waals surface area contributed by atoms with E-state index in [2.05, 4.69) is 26.0 Å². The van der Waals surface area contributed by atoms with Crippen molar-refractivity contribution in [1.29, 1.82) is 0 Å². The van der Waals surface area contributed by atoms with E-state index >= 15 is 0 Å². The van der Waals surface area contributed by atoms with Crippen LogP contribution >= 0.6 is 11.3 Å². The van der Waals surface area contributed by atoms with Crippen LogP contribution in [0.5, 0.6) is 11.5 Å². The maximum atomic E-state index is 5.52. The summed E-state index contributed by atoms with van der Waals surface area (Å²) in [5.74, 6) is 2.43. The summed E-state index contributed by atoms with van der Waals surface area (Å²) in [5, 5.41) is 11.8. The van der Waals surface area contributed by atoms with Gasteiger partial charge in [0.2, 0.25) is 12.7 Å². The predicted octanol–water partition coefficient (Wildman–Crippen LogP) is 5.64. The fourth-order valence-corrected chi connectivity index (χ4v) is 4.65. The number of aromatic nitrogens is 5. The van der Waals surface area contributed by atoms with Crippen molar-refractivity contribution in [3.8, 4) is 17.2 Å². The van der Waals surface area contributed by atoms with Gasteiger partial charge in [0.15, 0.2) is 28.5 Å². The SMILES string of the molecule is c1cnc2ccc(Nc3nc(Nc4ccc5c(c4)OCO5)c4ncn(-c5ccsc5)c4n3)cc2c1. The van der Waals surface area contributed by atoms with Gasteiger partial charge in [-0.05, 0) is 47.8 Å². The average molecular weight is 480 g/mol. The van der Waals surface area contributed by atoms with Gasteiger partial charge >= 0.3 is 0 Å². The molecule has 35 heavy (non-hydrogen) atoms. The summed E-state index contributed by atoms with van der Waals surface area (Å²) >= 11 is 1.62. The van der Waals surface area contributed by atoms with Gasteiger partial charge in [0, 0.05) is 34.4 Å². The Morgan fingerprint density at radius 3 is 2.74 bits per heavy atom. The van der Waals surface area contributed by atoms with Crippen LogP contribution in [0.4, 0.5) is 23.1 Å². The molecule has 5 heterocycles. The number of rotatable bonds is 5. The van der Waals surface area contributed by atoms with Crippen molar-refractivity contribution in [1.82, 2.24) is 24.5 Å². The molecular formula is C25H17N7O2S. The van der Waals surface area contributed by atoms with Gasteiger partial charge in [-0.2, -0.15) is 21.3 Å². The van der Waals surface area contributed by atoms with Crippen molar-refractivity contribution in [3.05, 3.63) is 77.9 Å². The lowest BCUT2D eigenvalue weighted by molar-refractivity contribution is 0.174. The minimum Gasteiger partial charge on any atom is -0.454 e. The third-order valence-electron chi connectivity index (χ3n) is 5.67. The van der Waals surface area contributed by atoms with Crippen LogP contribution in [0.1, 0.15) is 0 Å². The van der Waals surface area contributed by atoms with Crippen LogP contribution < -0.4 is 20.1 Å². The van der Waals surface area contributed by atoms with Gasteiger partial charge in [0.1, 0.15) is 6.33 Å². The van der Waals surface area contributed by atoms with Gasteiger partial charge in [-0.15, -0.1) is 0 Å². The van der Waals surface area contributed by atoms with E-state index in [9.17, 15) is 0 Å². The normalized spacial score (nSPS) is 12.3. The zero-order valence-corrected chi connectivity index (χ0v) is 19.0. The van der Waals surface area contributed by atoms with Crippen molar-refractivity contribution >= 4 is 56.5 Å². The topological polar surface area (TPSA) is 99.0 Å². The first-order valence-electron chi connectivity index (χ1n) is 10.9. The zero-order valence-electron chi connectivity index (χ0n) is 18.2. The summed E-state index contributed by atoms with van der Waals surface area (Å²) in [5.41, 5.74) is 4.93. The molecular weight excluding hydrogens is 462 g/mol. The van der Waals surface area contributed by atoms with E-state index in [-0.39, 0.29) is 6.79 Å². The van der Waals surface area contributed by atoms with Crippen LogP contribution in [0.15, 0.2) is 77.9 Å². The first kappa shape index (κ1) is 19.7. The van der Waals surface area contributed by atoms with Gasteiger partial charge in [0.25, 0.3) is 0 Å². The van der Waals surface area contributed by atoms with Crippen LogP contribution in [0.3, 0.4) is 0 Å². The van der Waals surface area contributed by atoms with Crippen LogP contribution in [0.2, 0.25) is 0 Å². The summed E-state index contributed by atoms with van der Waals surface area (Å²) in [6, 6.07) is 17.6. The first-order valence-corrected chi connectivity index (χ1v) is 11.8. The number of anilines is 4.